The Labute approximate surface area is 274 Å². The van der Waals surface area contributed by atoms with Crippen LogP contribution in [0, 0.1) is 5.92 Å². The number of aryl methyl sites for hydroxylation is 1. The van der Waals surface area contributed by atoms with E-state index >= 15 is 0 Å². The minimum absolute atomic E-state index is 0.00988. The fraction of sp³-hybridized carbons (Fsp3) is 0.353. The average molecular weight is 660 g/mol. The van der Waals surface area contributed by atoms with E-state index in [9.17, 15) is 19.5 Å². The maximum Gasteiger partial charge on any atom is 0.264 e. The number of nitrogens with zero attached hydrogens (tertiary/aromatic N) is 4. The smallest absolute Gasteiger partial charge is 0.264 e. The van der Waals surface area contributed by atoms with Crippen LogP contribution in [-0.2, 0) is 34.6 Å². The van der Waals surface area contributed by atoms with Crippen LogP contribution >= 0.6 is 11.6 Å². The van der Waals surface area contributed by atoms with Gasteiger partial charge in [-0.25, -0.2) is 0 Å². The molecule has 0 saturated carbocycles. The summed E-state index contributed by atoms with van der Waals surface area (Å²) >= 11 is 6.54. The summed E-state index contributed by atoms with van der Waals surface area (Å²) in [5, 5.41) is 21.0. The first-order valence-corrected chi connectivity index (χ1v) is 18.9. The lowest BCUT2D eigenvalue weighted by Crippen LogP contribution is -2.46. The van der Waals surface area contributed by atoms with Gasteiger partial charge in [0.25, 0.3) is 11.8 Å². The molecule has 4 atom stereocenters. The first-order chi connectivity index (χ1) is 22.0. The molecule has 6 rings (SSSR count). The second-order valence-corrected chi connectivity index (χ2v) is 17.1. The zero-order valence-electron chi connectivity index (χ0n) is 26.1. The number of ether oxygens (including phenoxy) is 1. The minimum atomic E-state index is -2.85. The summed E-state index contributed by atoms with van der Waals surface area (Å²) in [6.45, 7) is 6.50. The molecule has 0 aliphatic carbocycles. The van der Waals surface area contributed by atoms with Crippen molar-refractivity contribution in [3.05, 3.63) is 106 Å². The molecule has 12 heteroatoms. The van der Waals surface area contributed by atoms with Crippen molar-refractivity contribution >= 4 is 43.1 Å². The first kappa shape index (κ1) is 32.1. The van der Waals surface area contributed by atoms with Crippen LogP contribution in [0.1, 0.15) is 40.5 Å². The summed E-state index contributed by atoms with van der Waals surface area (Å²) in [6, 6.07) is 21.9. The van der Waals surface area contributed by atoms with Gasteiger partial charge < -0.3 is 24.9 Å². The summed E-state index contributed by atoms with van der Waals surface area (Å²) in [5.41, 5.74) is 2.53. The fourth-order valence-corrected chi connectivity index (χ4v) is 9.91. The third kappa shape index (κ3) is 6.01. The van der Waals surface area contributed by atoms with Gasteiger partial charge in [-0.3, -0.25) is 14.3 Å². The van der Waals surface area contributed by atoms with Crippen molar-refractivity contribution in [3.63, 3.8) is 0 Å². The van der Waals surface area contributed by atoms with Gasteiger partial charge in [0, 0.05) is 59.1 Å². The number of nitrogens with one attached hydrogen (secondary N) is 1. The lowest BCUT2D eigenvalue weighted by molar-refractivity contribution is -0.146. The van der Waals surface area contributed by atoms with E-state index in [0.717, 1.165) is 5.56 Å². The summed E-state index contributed by atoms with van der Waals surface area (Å²) < 4.78 is 8.60. The Morgan fingerprint density at radius 3 is 2.63 bits per heavy atom. The highest BCUT2D eigenvalue weighted by Crippen LogP contribution is 2.60. The van der Waals surface area contributed by atoms with E-state index in [-0.39, 0.29) is 36.4 Å². The van der Waals surface area contributed by atoms with Crippen molar-refractivity contribution in [2.24, 2.45) is 5.92 Å². The zero-order chi connectivity index (χ0) is 32.6. The molecule has 1 spiro atoms. The predicted octanol–water partition coefficient (Wildman–Crippen LogP) is 5.15. The Morgan fingerprint density at radius 1 is 1.11 bits per heavy atom. The SMILES string of the molecule is C[C@H]1[C@H]([Si](C)(C)O)[C@@H](CCn2cc(CCO)nn2)O[C@]12C(=O)N(Cc1cccc(NC(=O)c3ccccc3)c1)c1ccc(Cl)cc12. The first-order valence-electron chi connectivity index (χ1n) is 15.5. The second-order valence-electron chi connectivity index (χ2n) is 12.7. The Kier molecular flexibility index (Phi) is 8.88. The second kappa shape index (κ2) is 12.7. The van der Waals surface area contributed by atoms with Crippen LogP contribution in [0.4, 0.5) is 11.4 Å². The Hall–Kier alpha value is -3.87. The molecular weight excluding hydrogens is 622 g/mol. The molecule has 46 heavy (non-hydrogen) atoms. The molecule has 4 aromatic rings. The molecule has 1 saturated heterocycles. The number of rotatable bonds is 10. The summed E-state index contributed by atoms with van der Waals surface area (Å²) in [7, 11) is -2.85. The van der Waals surface area contributed by atoms with Gasteiger partial charge >= 0.3 is 0 Å². The molecule has 3 aromatic carbocycles. The van der Waals surface area contributed by atoms with Crippen LogP contribution in [0.25, 0.3) is 0 Å². The number of fused-ring (bicyclic) bond motifs is 2. The molecule has 240 valence electrons. The van der Waals surface area contributed by atoms with Crippen molar-refractivity contribution in [2.45, 2.75) is 63.2 Å². The molecular formula is C34H38ClN5O5Si. The molecule has 1 aromatic heterocycles. The van der Waals surface area contributed by atoms with Crippen LogP contribution in [0.3, 0.4) is 0 Å². The molecule has 0 bridgehead atoms. The van der Waals surface area contributed by atoms with Gasteiger partial charge in [-0.15, -0.1) is 5.10 Å². The van der Waals surface area contributed by atoms with Crippen LogP contribution in [-0.4, -0.2) is 57.7 Å². The van der Waals surface area contributed by atoms with Gasteiger partial charge in [0.1, 0.15) is 0 Å². The monoisotopic (exact) mass is 659 g/mol. The number of benzene rings is 3. The molecule has 0 radical (unpaired) electrons. The highest BCUT2D eigenvalue weighted by Gasteiger charge is 2.66. The number of anilines is 2. The molecule has 2 aliphatic rings. The highest BCUT2D eigenvalue weighted by atomic mass is 35.5. The van der Waals surface area contributed by atoms with E-state index in [1.54, 1.807) is 34.0 Å². The number of hydrogen-bond acceptors (Lipinski definition) is 7. The molecule has 2 aliphatic heterocycles. The number of carbonyl (C=O) groups is 2. The van der Waals surface area contributed by atoms with E-state index in [4.69, 9.17) is 16.3 Å². The number of amides is 2. The Bertz CT molecular complexity index is 1750. The third-order valence-electron chi connectivity index (χ3n) is 9.10. The van der Waals surface area contributed by atoms with Crippen molar-refractivity contribution in [2.75, 3.05) is 16.8 Å². The number of halogens is 1. The van der Waals surface area contributed by atoms with Crippen molar-refractivity contribution in [3.8, 4) is 0 Å². The average Bonchev–Trinajstić information content (AvgIpc) is 3.67. The summed E-state index contributed by atoms with van der Waals surface area (Å²) in [6.07, 6.45) is 2.32. The maximum atomic E-state index is 14.7. The predicted molar refractivity (Wildman–Crippen MR) is 178 cm³/mol. The normalized spacial score (nSPS) is 22.4. The minimum Gasteiger partial charge on any atom is -0.432 e. The number of hydrogen-bond donors (Lipinski definition) is 3. The van der Waals surface area contributed by atoms with E-state index in [0.29, 0.717) is 52.6 Å². The van der Waals surface area contributed by atoms with Gasteiger partial charge in [0.15, 0.2) is 13.9 Å². The largest absolute Gasteiger partial charge is 0.432 e. The zero-order valence-corrected chi connectivity index (χ0v) is 27.8. The number of carbonyl (C=O) groups excluding carboxylic acids is 2. The van der Waals surface area contributed by atoms with Crippen molar-refractivity contribution in [1.82, 2.24) is 15.0 Å². The van der Waals surface area contributed by atoms with Crippen LogP contribution in [0.2, 0.25) is 23.7 Å². The number of aliphatic hydroxyl groups excluding tert-OH is 1. The Balaban J connectivity index is 1.29. The topological polar surface area (TPSA) is 130 Å². The van der Waals surface area contributed by atoms with Crippen LogP contribution in [0.5, 0.6) is 0 Å². The summed E-state index contributed by atoms with van der Waals surface area (Å²) in [4.78, 5) is 40.8. The van der Waals surface area contributed by atoms with E-state index in [2.05, 4.69) is 15.6 Å². The van der Waals surface area contributed by atoms with E-state index < -0.39 is 20.0 Å². The highest BCUT2D eigenvalue weighted by molar-refractivity contribution is 6.71. The van der Waals surface area contributed by atoms with Gasteiger partial charge in [-0.2, -0.15) is 0 Å². The van der Waals surface area contributed by atoms with Crippen molar-refractivity contribution < 1.29 is 24.2 Å². The fourth-order valence-electron chi connectivity index (χ4n) is 7.14. The maximum absolute atomic E-state index is 14.7. The number of aliphatic hydroxyl groups is 1. The van der Waals surface area contributed by atoms with Gasteiger partial charge in [-0.05, 0) is 67.5 Å². The van der Waals surface area contributed by atoms with E-state index in [1.807, 2.05) is 74.6 Å². The third-order valence-corrected chi connectivity index (χ3v) is 11.8. The molecule has 1 fully saturated rings. The lowest BCUT2D eigenvalue weighted by atomic mass is 9.82. The molecule has 3 heterocycles. The molecule has 0 unspecified atom stereocenters. The van der Waals surface area contributed by atoms with E-state index in [1.165, 1.54) is 0 Å². The Morgan fingerprint density at radius 2 is 1.89 bits per heavy atom. The van der Waals surface area contributed by atoms with Crippen LogP contribution in [0.15, 0.2) is 79.0 Å². The number of aromatic nitrogens is 3. The van der Waals surface area contributed by atoms with Gasteiger partial charge in [0.2, 0.25) is 0 Å². The van der Waals surface area contributed by atoms with Crippen LogP contribution < -0.4 is 10.2 Å². The lowest BCUT2D eigenvalue weighted by Gasteiger charge is -2.32. The van der Waals surface area contributed by atoms with Gasteiger partial charge in [-0.1, -0.05) is 54.1 Å². The molecule has 10 nitrogen and oxygen atoms in total. The summed E-state index contributed by atoms with van der Waals surface area (Å²) in [5.74, 6) is -0.755. The standard InChI is InChI=1S/C34H38ClN5O5Si/c1-22-31(46(2,3)44)30(14-16-39-21-27(15-17-41)37-38-39)45-34(22)28-19-25(35)12-13-29(28)40(33(34)43)20-23-8-7-11-26(18-23)36-32(42)24-9-5-4-6-10-24/h4-13,18-19,21-22,30-31,41,44H,14-17,20H2,1-3H3,(H,36,42)/t22-,30+,31-,34+/m0/s1. The van der Waals surface area contributed by atoms with Gasteiger partial charge in [0.05, 0.1) is 24.0 Å². The van der Waals surface area contributed by atoms with Crippen molar-refractivity contribution in [1.29, 1.82) is 0 Å². The molecule has 3 N–H and O–H groups in total. The quantitative estimate of drug-likeness (QED) is 0.201. The molecule has 2 amide bonds.